The van der Waals surface area contributed by atoms with E-state index in [4.69, 9.17) is 11.6 Å². The van der Waals surface area contributed by atoms with Gasteiger partial charge in [-0.1, -0.05) is 11.6 Å². The maximum Gasteiger partial charge on any atom is 0.409 e. The van der Waals surface area contributed by atoms with Gasteiger partial charge in [0.15, 0.2) is 0 Å². The van der Waals surface area contributed by atoms with Crippen LogP contribution in [0.15, 0.2) is 12.1 Å². The van der Waals surface area contributed by atoms with Gasteiger partial charge in [0.05, 0.1) is 13.7 Å². The number of carbonyl (C=O) groups excluding carboxylic acids is 1. The van der Waals surface area contributed by atoms with Crippen LogP contribution in [0.25, 0.3) is 0 Å². The molecule has 0 aliphatic carbocycles. The molecule has 1 aromatic carbocycles. The number of rotatable bonds is 0. The second kappa shape index (κ2) is 4.29. The summed E-state index contributed by atoms with van der Waals surface area (Å²) < 4.78 is 18.1. The van der Waals surface area contributed by atoms with Crippen molar-refractivity contribution < 1.29 is 13.9 Å². The van der Waals surface area contributed by atoms with E-state index in [1.165, 1.54) is 24.1 Å². The summed E-state index contributed by atoms with van der Waals surface area (Å²) >= 11 is 5.98. The lowest BCUT2D eigenvalue weighted by molar-refractivity contribution is 0.118. The van der Waals surface area contributed by atoms with Gasteiger partial charge >= 0.3 is 6.09 Å². The highest BCUT2D eigenvalue weighted by atomic mass is 35.5. The van der Waals surface area contributed by atoms with Gasteiger partial charge in [-0.05, 0) is 29.7 Å². The molecular weight excluding hydrogens is 233 g/mol. The summed E-state index contributed by atoms with van der Waals surface area (Å²) in [4.78, 5) is 12.8. The largest absolute Gasteiger partial charge is 0.453 e. The molecule has 1 aromatic rings. The van der Waals surface area contributed by atoms with Gasteiger partial charge in [0.25, 0.3) is 0 Å². The Morgan fingerprint density at radius 2 is 2.25 bits per heavy atom. The molecule has 0 spiro atoms. The van der Waals surface area contributed by atoms with Crippen LogP contribution in [0.4, 0.5) is 9.18 Å². The molecule has 3 nitrogen and oxygen atoms in total. The molecular formula is C11H11ClFNO2. The van der Waals surface area contributed by atoms with E-state index in [1.54, 1.807) is 0 Å². The summed E-state index contributed by atoms with van der Waals surface area (Å²) in [5.41, 5.74) is 1.28. The Hall–Kier alpha value is -1.29. The Bertz CT molecular complexity index is 436. The minimum absolute atomic E-state index is 0.260. The maximum absolute atomic E-state index is 13.5. The molecule has 0 saturated heterocycles. The molecule has 0 N–H and O–H groups in total. The average Bonchev–Trinajstić information content (AvgIpc) is 2.32. The van der Waals surface area contributed by atoms with E-state index in [9.17, 15) is 9.18 Å². The molecule has 1 heterocycles. The van der Waals surface area contributed by atoms with Crippen LogP contribution in [-0.4, -0.2) is 24.6 Å². The van der Waals surface area contributed by atoms with Crippen LogP contribution in [-0.2, 0) is 17.7 Å². The number of carbonyl (C=O) groups is 1. The summed E-state index contributed by atoms with van der Waals surface area (Å²) in [6.45, 7) is 0.759. The maximum atomic E-state index is 13.5. The highest BCUT2D eigenvalue weighted by Crippen LogP contribution is 2.28. The van der Waals surface area contributed by atoms with Gasteiger partial charge in [0.1, 0.15) is 5.82 Å². The van der Waals surface area contributed by atoms with Crippen molar-refractivity contribution in [2.45, 2.75) is 13.0 Å². The number of methoxy groups -OCH3 is 1. The highest BCUT2D eigenvalue weighted by molar-refractivity contribution is 6.31. The summed E-state index contributed by atoms with van der Waals surface area (Å²) in [5, 5.41) is 0.491. The van der Waals surface area contributed by atoms with Gasteiger partial charge in [-0.2, -0.15) is 0 Å². The third-order valence-corrected chi connectivity index (χ3v) is 3.08. The molecule has 0 atom stereocenters. The van der Waals surface area contributed by atoms with Crippen LogP contribution < -0.4 is 0 Å². The summed E-state index contributed by atoms with van der Waals surface area (Å²) in [5.74, 6) is -0.260. The first-order chi connectivity index (χ1) is 7.63. The number of ether oxygens (including phenoxy) is 1. The molecule has 0 radical (unpaired) electrons. The Morgan fingerprint density at radius 1 is 1.50 bits per heavy atom. The minimum atomic E-state index is -0.411. The van der Waals surface area contributed by atoms with Gasteiger partial charge in [0.2, 0.25) is 0 Å². The Morgan fingerprint density at radius 3 is 2.94 bits per heavy atom. The number of halogens is 2. The Balaban J connectivity index is 2.33. The van der Waals surface area contributed by atoms with E-state index in [-0.39, 0.29) is 5.82 Å². The first kappa shape index (κ1) is 11.2. The minimum Gasteiger partial charge on any atom is -0.453 e. The standard InChI is InChI=1S/C11H11ClFNO2/c1-16-11(15)14-5-4-7-8(6-14)9(12)2-3-10(7)13/h2-3H,4-6H2,1H3. The second-order valence-corrected chi connectivity index (χ2v) is 4.04. The summed E-state index contributed by atoms with van der Waals surface area (Å²) in [6, 6.07) is 2.87. The van der Waals surface area contributed by atoms with E-state index in [0.29, 0.717) is 35.7 Å². The van der Waals surface area contributed by atoms with Crippen LogP contribution >= 0.6 is 11.6 Å². The number of nitrogens with zero attached hydrogens (tertiary/aromatic N) is 1. The zero-order chi connectivity index (χ0) is 11.7. The first-order valence-corrected chi connectivity index (χ1v) is 5.30. The molecule has 0 bridgehead atoms. The topological polar surface area (TPSA) is 29.5 Å². The molecule has 0 unspecified atom stereocenters. The van der Waals surface area contributed by atoms with Crippen molar-refractivity contribution in [2.24, 2.45) is 0 Å². The van der Waals surface area contributed by atoms with Crippen LogP contribution in [0.5, 0.6) is 0 Å². The fraction of sp³-hybridized carbons (Fsp3) is 0.364. The number of amides is 1. The SMILES string of the molecule is COC(=O)N1CCc2c(F)ccc(Cl)c2C1. The van der Waals surface area contributed by atoms with Gasteiger partial charge in [0, 0.05) is 11.6 Å². The quantitative estimate of drug-likeness (QED) is 0.701. The smallest absolute Gasteiger partial charge is 0.409 e. The van der Waals surface area contributed by atoms with Crippen molar-refractivity contribution >= 4 is 17.7 Å². The monoisotopic (exact) mass is 243 g/mol. The molecule has 5 heteroatoms. The first-order valence-electron chi connectivity index (χ1n) is 4.92. The van der Waals surface area contributed by atoms with Crippen LogP contribution in [0.1, 0.15) is 11.1 Å². The van der Waals surface area contributed by atoms with Crippen molar-refractivity contribution in [3.05, 3.63) is 34.1 Å². The van der Waals surface area contributed by atoms with Crippen molar-refractivity contribution in [2.75, 3.05) is 13.7 Å². The average molecular weight is 244 g/mol. The zero-order valence-electron chi connectivity index (χ0n) is 8.80. The van der Waals surface area contributed by atoms with Gasteiger partial charge < -0.3 is 9.64 Å². The summed E-state index contributed by atoms with van der Waals surface area (Å²) in [6.07, 6.45) is 0.0579. The predicted molar refractivity (Wildman–Crippen MR) is 57.9 cm³/mol. The molecule has 1 aliphatic rings. The Kier molecular flexibility index (Phi) is 3.01. The van der Waals surface area contributed by atoms with Crippen molar-refractivity contribution in [3.63, 3.8) is 0 Å². The fourth-order valence-corrected chi connectivity index (χ4v) is 2.12. The van der Waals surface area contributed by atoms with E-state index < -0.39 is 6.09 Å². The molecule has 16 heavy (non-hydrogen) atoms. The lowest BCUT2D eigenvalue weighted by Gasteiger charge is -2.28. The highest BCUT2D eigenvalue weighted by Gasteiger charge is 2.24. The molecule has 86 valence electrons. The lowest BCUT2D eigenvalue weighted by Crippen LogP contribution is -2.36. The van der Waals surface area contributed by atoms with E-state index >= 15 is 0 Å². The van der Waals surface area contributed by atoms with Crippen molar-refractivity contribution in [1.29, 1.82) is 0 Å². The number of fused-ring (bicyclic) bond motifs is 1. The molecule has 0 saturated carbocycles. The number of benzene rings is 1. The Labute approximate surface area is 97.8 Å². The molecule has 0 aromatic heterocycles. The molecule has 2 rings (SSSR count). The lowest BCUT2D eigenvalue weighted by atomic mass is 9.99. The molecule has 1 amide bonds. The number of hydrogen-bond acceptors (Lipinski definition) is 2. The van der Waals surface area contributed by atoms with Crippen LogP contribution in [0.3, 0.4) is 0 Å². The molecule has 0 fully saturated rings. The summed E-state index contributed by atoms with van der Waals surface area (Å²) in [7, 11) is 1.32. The van der Waals surface area contributed by atoms with Gasteiger partial charge in [-0.15, -0.1) is 0 Å². The normalized spacial score (nSPS) is 14.6. The second-order valence-electron chi connectivity index (χ2n) is 3.63. The van der Waals surface area contributed by atoms with Crippen molar-refractivity contribution in [1.82, 2.24) is 4.90 Å². The molecule has 1 aliphatic heterocycles. The van der Waals surface area contributed by atoms with E-state index in [0.717, 1.165) is 0 Å². The van der Waals surface area contributed by atoms with Gasteiger partial charge in [-0.3, -0.25) is 0 Å². The zero-order valence-corrected chi connectivity index (χ0v) is 9.55. The van der Waals surface area contributed by atoms with Gasteiger partial charge in [-0.25, -0.2) is 9.18 Å². The fourth-order valence-electron chi connectivity index (χ4n) is 1.88. The van der Waals surface area contributed by atoms with Crippen molar-refractivity contribution in [3.8, 4) is 0 Å². The number of hydrogen-bond donors (Lipinski definition) is 0. The van der Waals surface area contributed by atoms with E-state index in [2.05, 4.69) is 4.74 Å². The predicted octanol–water partition coefficient (Wildman–Crippen LogP) is 2.60. The third-order valence-electron chi connectivity index (χ3n) is 2.73. The van der Waals surface area contributed by atoms with E-state index in [1.807, 2.05) is 0 Å². The third kappa shape index (κ3) is 1.85. The van der Waals surface area contributed by atoms with Crippen LogP contribution in [0.2, 0.25) is 5.02 Å². The van der Waals surface area contributed by atoms with Crippen LogP contribution in [0, 0.1) is 5.82 Å².